The number of methoxy groups -OCH3 is 1. The predicted octanol–water partition coefficient (Wildman–Crippen LogP) is 4.22. The maximum absolute atomic E-state index is 13.3. The van der Waals surface area contributed by atoms with E-state index >= 15 is 0 Å². The van der Waals surface area contributed by atoms with Gasteiger partial charge in [0.05, 0.1) is 19.7 Å². The molecule has 0 radical (unpaired) electrons. The molecule has 2 N–H and O–H groups in total. The topological polar surface area (TPSA) is 154 Å². The Labute approximate surface area is 227 Å². The zero-order valence-electron chi connectivity index (χ0n) is 23.6. The maximum atomic E-state index is 13.3. The Bertz CT molecular complexity index is 1150. The number of H-pyrrole nitrogens is 1. The van der Waals surface area contributed by atoms with E-state index in [-0.39, 0.29) is 18.9 Å². The molecule has 1 aliphatic rings. The highest BCUT2D eigenvalue weighted by Gasteiger charge is 2.50. The Morgan fingerprint density at radius 3 is 2.21 bits per heavy atom. The highest BCUT2D eigenvalue weighted by atomic mass is 16.7. The number of amides is 2. The van der Waals surface area contributed by atoms with Gasteiger partial charge in [0.15, 0.2) is 12.2 Å². The molecule has 0 spiro atoms. The third-order valence-corrected chi connectivity index (χ3v) is 5.45. The average Bonchev–Trinajstić information content (AvgIpc) is 3.35. The van der Waals surface area contributed by atoms with Crippen LogP contribution in [0.2, 0.25) is 0 Å². The number of nitrogens with one attached hydrogen (secondary N) is 2. The molecule has 0 unspecified atom stereocenters. The molecular formula is C26H37N5O8. The fraction of sp³-hybridized carbons (Fsp3) is 0.577. The summed E-state index contributed by atoms with van der Waals surface area (Å²) in [5.74, 6) is 1.16. The van der Waals surface area contributed by atoms with E-state index in [2.05, 4.69) is 20.5 Å². The summed E-state index contributed by atoms with van der Waals surface area (Å²) in [5, 5.41) is 8.94. The van der Waals surface area contributed by atoms with E-state index in [4.69, 9.17) is 23.7 Å². The fourth-order valence-electron chi connectivity index (χ4n) is 3.92. The van der Waals surface area contributed by atoms with Crippen molar-refractivity contribution >= 4 is 24.3 Å². The van der Waals surface area contributed by atoms with Crippen molar-refractivity contribution in [3.8, 4) is 5.75 Å². The van der Waals surface area contributed by atoms with Crippen LogP contribution in [0.3, 0.4) is 0 Å². The summed E-state index contributed by atoms with van der Waals surface area (Å²) >= 11 is 0. The van der Waals surface area contributed by atoms with Crippen molar-refractivity contribution in [2.24, 2.45) is 0 Å². The SMILES string of the molecule is COc1ccc(C[C@@H]2[C@H](OC(=O)Nc3n[nH]c(C)n3)[C@@H](OC(=O)OC(C)(C)C)CN2C(=O)OC(C)(C)C)cc1. The number of hydrogen-bond donors (Lipinski definition) is 2. The van der Waals surface area contributed by atoms with Crippen LogP contribution in [0, 0.1) is 6.92 Å². The minimum atomic E-state index is -1.08. The number of anilines is 1. The normalized spacial score (nSPS) is 19.3. The molecule has 0 saturated carbocycles. The molecule has 3 atom stereocenters. The summed E-state index contributed by atoms with van der Waals surface area (Å²) in [6, 6.07) is 6.49. The molecular weight excluding hydrogens is 510 g/mol. The average molecular weight is 548 g/mol. The number of carbonyl (C=O) groups excluding carboxylic acids is 3. The molecule has 1 aliphatic heterocycles. The summed E-state index contributed by atoms with van der Waals surface area (Å²) in [4.78, 5) is 44.2. The second-order valence-corrected chi connectivity index (χ2v) is 11.1. The third kappa shape index (κ3) is 8.76. The van der Waals surface area contributed by atoms with Crippen LogP contribution < -0.4 is 10.1 Å². The number of aromatic nitrogens is 3. The van der Waals surface area contributed by atoms with Crippen LogP contribution in [-0.2, 0) is 25.4 Å². The Kier molecular flexibility index (Phi) is 8.92. The first-order valence-electron chi connectivity index (χ1n) is 12.5. The van der Waals surface area contributed by atoms with Gasteiger partial charge in [0.25, 0.3) is 5.95 Å². The van der Waals surface area contributed by atoms with E-state index in [0.29, 0.717) is 11.6 Å². The lowest BCUT2D eigenvalue weighted by molar-refractivity contribution is -0.0503. The largest absolute Gasteiger partial charge is 0.509 e. The first-order valence-corrected chi connectivity index (χ1v) is 12.5. The van der Waals surface area contributed by atoms with Crippen molar-refractivity contribution in [2.45, 2.75) is 84.3 Å². The molecule has 2 amide bonds. The lowest BCUT2D eigenvalue weighted by atomic mass is 10.0. The summed E-state index contributed by atoms with van der Waals surface area (Å²) in [5.41, 5.74) is -0.783. The Hall–Kier alpha value is -4.03. The van der Waals surface area contributed by atoms with Gasteiger partial charge in [-0.3, -0.25) is 15.3 Å². The lowest BCUT2D eigenvalue weighted by Crippen LogP contribution is -2.45. The number of carbonyl (C=O) groups is 3. The fourth-order valence-corrected chi connectivity index (χ4v) is 3.92. The van der Waals surface area contributed by atoms with Crippen molar-refractivity contribution in [3.05, 3.63) is 35.7 Å². The maximum Gasteiger partial charge on any atom is 0.509 e. The minimum absolute atomic E-state index is 0.0100. The van der Waals surface area contributed by atoms with Crippen LogP contribution in [0.25, 0.3) is 0 Å². The van der Waals surface area contributed by atoms with Gasteiger partial charge in [-0.25, -0.2) is 14.4 Å². The van der Waals surface area contributed by atoms with E-state index in [9.17, 15) is 14.4 Å². The molecule has 13 heteroatoms. The number of rotatable bonds is 6. The van der Waals surface area contributed by atoms with E-state index in [0.717, 1.165) is 5.56 Å². The monoisotopic (exact) mass is 547 g/mol. The van der Waals surface area contributed by atoms with Crippen molar-refractivity contribution in [1.29, 1.82) is 0 Å². The van der Waals surface area contributed by atoms with Gasteiger partial charge < -0.3 is 23.7 Å². The van der Waals surface area contributed by atoms with Gasteiger partial charge in [0.2, 0.25) is 0 Å². The number of ether oxygens (including phenoxy) is 5. The summed E-state index contributed by atoms with van der Waals surface area (Å²) < 4.78 is 27.5. The molecule has 3 rings (SSSR count). The van der Waals surface area contributed by atoms with Crippen molar-refractivity contribution < 1.29 is 38.1 Å². The van der Waals surface area contributed by atoms with Crippen LogP contribution in [0.15, 0.2) is 24.3 Å². The van der Waals surface area contributed by atoms with Crippen LogP contribution in [0.5, 0.6) is 5.75 Å². The molecule has 39 heavy (non-hydrogen) atoms. The second-order valence-electron chi connectivity index (χ2n) is 11.1. The van der Waals surface area contributed by atoms with Gasteiger partial charge in [-0.2, -0.15) is 4.98 Å². The van der Waals surface area contributed by atoms with Gasteiger partial charge in [-0.15, -0.1) is 5.10 Å². The number of aryl methyl sites for hydroxylation is 1. The number of hydrogen-bond acceptors (Lipinski definition) is 10. The van der Waals surface area contributed by atoms with Crippen molar-refractivity contribution in [3.63, 3.8) is 0 Å². The van der Waals surface area contributed by atoms with Gasteiger partial charge in [0, 0.05) is 0 Å². The minimum Gasteiger partial charge on any atom is -0.497 e. The molecule has 1 fully saturated rings. The summed E-state index contributed by atoms with van der Waals surface area (Å²) in [7, 11) is 1.56. The van der Waals surface area contributed by atoms with Crippen LogP contribution in [0.1, 0.15) is 52.9 Å². The van der Waals surface area contributed by atoms with Gasteiger partial charge in [0.1, 0.15) is 22.8 Å². The molecule has 2 heterocycles. The van der Waals surface area contributed by atoms with Crippen molar-refractivity contribution in [1.82, 2.24) is 20.1 Å². The second kappa shape index (κ2) is 11.8. The van der Waals surface area contributed by atoms with E-state index in [1.54, 1.807) is 67.7 Å². The zero-order chi connectivity index (χ0) is 29.0. The van der Waals surface area contributed by atoms with E-state index < -0.39 is 47.8 Å². The molecule has 1 aromatic carbocycles. The molecule has 1 saturated heterocycles. The lowest BCUT2D eigenvalue weighted by Gasteiger charge is -2.30. The Morgan fingerprint density at radius 1 is 1.03 bits per heavy atom. The molecule has 2 aromatic rings. The number of nitrogens with zero attached hydrogens (tertiary/aromatic N) is 3. The molecule has 0 bridgehead atoms. The van der Waals surface area contributed by atoms with Gasteiger partial charge in [-0.05, 0) is 72.6 Å². The standard InChI is InChI=1S/C26H37N5O8/c1-15-27-21(30-29-15)28-22(32)37-20-18(13-16-9-11-17(35-8)12-10-16)31(23(33)38-25(2,3)4)14-19(20)36-24(34)39-26(5,6)7/h9-12,18-20H,13-14H2,1-8H3,(H2,27,28,29,30,32)/t18-,19+,20+/m1/s1. The van der Waals surface area contributed by atoms with Gasteiger partial charge >= 0.3 is 18.3 Å². The summed E-state index contributed by atoms with van der Waals surface area (Å²) in [6.45, 7) is 11.9. The number of likely N-dealkylation sites (tertiary alicyclic amines) is 1. The molecule has 1 aromatic heterocycles. The Morgan fingerprint density at radius 2 is 1.67 bits per heavy atom. The van der Waals surface area contributed by atoms with Crippen LogP contribution in [-0.4, -0.2) is 81.5 Å². The molecule has 214 valence electrons. The number of aromatic amines is 1. The third-order valence-electron chi connectivity index (χ3n) is 5.45. The highest BCUT2D eigenvalue weighted by molar-refractivity contribution is 5.82. The quantitative estimate of drug-likeness (QED) is 0.397. The van der Waals surface area contributed by atoms with Crippen LogP contribution >= 0.6 is 0 Å². The van der Waals surface area contributed by atoms with Gasteiger partial charge in [-0.1, -0.05) is 12.1 Å². The first kappa shape index (κ1) is 29.5. The molecule has 13 nitrogen and oxygen atoms in total. The predicted molar refractivity (Wildman–Crippen MR) is 140 cm³/mol. The smallest absolute Gasteiger partial charge is 0.497 e. The van der Waals surface area contributed by atoms with Crippen LogP contribution in [0.4, 0.5) is 20.3 Å². The highest BCUT2D eigenvalue weighted by Crippen LogP contribution is 2.30. The Balaban J connectivity index is 1.93. The number of benzene rings is 1. The summed E-state index contributed by atoms with van der Waals surface area (Å²) in [6.07, 6.45) is -4.35. The zero-order valence-corrected chi connectivity index (χ0v) is 23.6. The van der Waals surface area contributed by atoms with Crippen molar-refractivity contribution in [2.75, 3.05) is 19.0 Å². The van der Waals surface area contributed by atoms with E-state index in [1.165, 1.54) is 4.90 Å². The molecule has 0 aliphatic carbocycles. The first-order chi connectivity index (χ1) is 18.1. The van der Waals surface area contributed by atoms with E-state index in [1.807, 2.05) is 12.1 Å².